The van der Waals surface area contributed by atoms with Gasteiger partial charge in [0.1, 0.15) is 5.70 Å². The van der Waals surface area contributed by atoms with E-state index >= 15 is 0 Å². The lowest BCUT2D eigenvalue weighted by Gasteiger charge is -2.20. The number of amides is 3. The van der Waals surface area contributed by atoms with Crippen molar-refractivity contribution in [2.45, 2.75) is 4.90 Å². The van der Waals surface area contributed by atoms with E-state index in [0.29, 0.717) is 44.3 Å². The summed E-state index contributed by atoms with van der Waals surface area (Å²) in [6.45, 7) is 0. The van der Waals surface area contributed by atoms with Crippen LogP contribution in [0, 0.1) is 0 Å². The smallest absolute Gasteiger partial charge is 0.272 e. The van der Waals surface area contributed by atoms with Gasteiger partial charge in [0.2, 0.25) is 5.91 Å². The SMILES string of the molecule is COc1ccc(/C=C(/NC(=O)c2ccccc2)C(=O)Nc2cccc(SCC(=O)Nc3cccc4c3C(=O)c3ccccc3C4=O)c2)cc1OC. The van der Waals surface area contributed by atoms with E-state index in [1.165, 1.54) is 32.1 Å². The molecule has 51 heavy (non-hydrogen) atoms. The van der Waals surface area contributed by atoms with Crippen LogP contribution in [-0.4, -0.2) is 49.3 Å². The second-order valence-electron chi connectivity index (χ2n) is 11.2. The van der Waals surface area contributed by atoms with Gasteiger partial charge in [0.25, 0.3) is 11.8 Å². The lowest BCUT2D eigenvalue weighted by Crippen LogP contribution is -2.30. The van der Waals surface area contributed by atoms with Gasteiger partial charge in [0.15, 0.2) is 23.1 Å². The number of carbonyl (C=O) groups excluding carboxylic acids is 5. The first kappa shape index (κ1) is 34.4. The van der Waals surface area contributed by atoms with Crippen molar-refractivity contribution in [2.75, 3.05) is 30.6 Å². The van der Waals surface area contributed by atoms with Crippen LogP contribution in [-0.2, 0) is 9.59 Å². The van der Waals surface area contributed by atoms with Gasteiger partial charge in [-0.05, 0) is 60.2 Å². The van der Waals surface area contributed by atoms with Crippen LogP contribution in [0.4, 0.5) is 11.4 Å². The minimum Gasteiger partial charge on any atom is -0.493 e. The zero-order valence-corrected chi connectivity index (χ0v) is 28.3. The van der Waals surface area contributed by atoms with E-state index in [9.17, 15) is 24.0 Å². The van der Waals surface area contributed by atoms with Gasteiger partial charge in [-0.25, -0.2) is 0 Å². The number of methoxy groups -OCH3 is 2. The minimum atomic E-state index is -0.580. The molecule has 1 aliphatic rings. The van der Waals surface area contributed by atoms with Crippen molar-refractivity contribution in [2.24, 2.45) is 0 Å². The molecule has 5 aromatic carbocycles. The van der Waals surface area contributed by atoms with Gasteiger partial charge in [-0.15, -0.1) is 11.8 Å². The van der Waals surface area contributed by atoms with E-state index in [-0.39, 0.29) is 45.7 Å². The number of anilines is 2. The number of fused-ring (bicyclic) bond motifs is 2. The summed E-state index contributed by atoms with van der Waals surface area (Å²) in [6, 6.07) is 31.9. The van der Waals surface area contributed by atoms with Gasteiger partial charge in [-0.1, -0.05) is 66.7 Å². The van der Waals surface area contributed by atoms with Crippen LogP contribution in [0.2, 0.25) is 0 Å². The molecule has 0 radical (unpaired) electrons. The summed E-state index contributed by atoms with van der Waals surface area (Å²) in [6.07, 6.45) is 1.53. The summed E-state index contributed by atoms with van der Waals surface area (Å²) < 4.78 is 10.7. The summed E-state index contributed by atoms with van der Waals surface area (Å²) in [5.41, 5.74) is 2.67. The number of nitrogens with one attached hydrogen (secondary N) is 3. The third-order valence-electron chi connectivity index (χ3n) is 7.94. The highest BCUT2D eigenvalue weighted by Crippen LogP contribution is 2.33. The number of ketones is 2. The topological polar surface area (TPSA) is 140 Å². The summed E-state index contributed by atoms with van der Waals surface area (Å²) in [5.74, 6) is -1.09. The monoisotopic (exact) mass is 697 g/mol. The highest BCUT2D eigenvalue weighted by Gasteiger charge is 2.31. The largest absolute Gasteiger partial charge is 0.493 e. The Bertz CT molecular complexity index is 2220. The molecule has 0 bridgehead atoms. The molecule has 254 valence electrons. The number of hydrogen-bond donors (Lipinski definition) is 3. The van der Waals surface area contributed by atoms with Crippen LogP contribution in [0.3, 0.4) is 0 Å². The van der Waals surface area contributed by atoms with Crippen molar-refractivity contribution in [1.82, 2.24) is 5.32 Å². The minimum absolute atomic E-state index is 0.0165. The molecule has 3 amide bonds. The standard InChI is InChI=1S/C40H31N3O7S/c1-49-33-19-18-24(21-34(33)50-2)20-32(43-39(47)25-10-4-3-5-11-25)40(48)41-26-12-8-13-27(22-26)51-23-35(44)42-31-17-9-16-30-36(31)38(46)29-15-7-6-14-28(29)37(30)45/h3-22H,23H2,1-2H3,(H,41,48)(H,42,44)(H,43,47)/b32-20+. The van der Waals surface area contributed by atoms with E-state index in [0.717, 1.165) is 0 Å². The second-order valence-corrected chi connectivity index (χ2v) is 12.3. The number of carbonyl (C=O) groups is 5. The fraction of sp³-hybridized carbons (Fsp3) is 0.0750. The van der Waals surface area contributed by atoms with E-state index in [1.54, 1.807) is 115 Å². The maximum absolute atomic E-state index is 13.6. The Balaban J connectivity index is 1.16. The maximum Gasteiger partial charge on any atom is 0.272 e. The summed E-state index contributed by atoms with van der Waals surface area (Å²) in [4.78, 5) is 66.8. The highest BCUT2D eigenvalue weighted by atomic mass is 32.2. The predicted octanol–water partition coefficient (Wildman–Crippen LogP) is 6.62. The molecule has 6 rings (SSSR count). The van der Waals surface area contributed by atoms with Gasteiger partial charge in [-0.3, -0.25) is 24.0 Å². The van der Waals surface area contributed by atoms with Gasteiger partial charge in [0.05, 0.1) is 31.2 Å². The molecular weight excluding hydrogens is 667 g/mol. The number of rotatable bonds is 11. The number of thioether (sulfide) groups is 1. The van der Waals surface area contributed by atoms with E-state index in [4.69, 9.17) is 9.47 Å². The molecular formula is C40H31N3O7S. The fourth-order valence-electron chi connectivity index (χ4n) is 5.50. The average molecular weight is 698 g/mol. The van der Waals surface area contributed by atoms with Crippen molar-refractivity contribution in [3.63, 3.8) is 0 Å². The Labute approximate surface area is 297 Å². The maximum atomic E-state index is 13.6. The number of ether oxygens (including phenoxy) is 2. The van der Waals surface area contributed by atoms with Gasteiger partial charge >= 0.3 is 0 Å². The summed E-state index contributed by atoms with van der Waals surface area (Å²) in [5, 5.41) is 8.33. The zero-order chi connectivity index (χ0) is 35.9. The first-order valence-electron chi connectivity index (χ1n) is 15.7. The number of benzene rings is 5. The number of hydrogen-bond acceptors (Lipinski definition) is 8. The van der Waals surface area contributed by atoms with Crippen LogP contribution in [0.1, 0.15) is 47.8 Å². The van der Waals surface area contributed by atoms with Crippen molar-refractivity contribution >= 4 is 58.5 Å². The van der Waals surface area contributed by atoms with Crippen LogP contribution < -0.4 is 25.4 Å². The highest BCUT2D eigenvalue weighted by molar-refractivity contribution is 8.00. The van der Waals surface area contributed by atoms with Crippen molar-refractivity contribution in [3.8, 4) is 11.5 Å². The first-order valence-corrected chi connectivity index (χ1v) is 16.7. The van der Waals surface area contributed by atoms with E-state index in [1.807, 2.05) is 0 Å². The third kappa shape index (κ3) is 7.74. The lowest BCUT2D eigenvalue weighted by molar-refractivity contribution is -0.114. The summed E-state index contributed by atoms with van der Waals surface area (Å²) in [7, 11) is 3.02. The van der Waals surface area contributed by atoms with Crippen molar-refractivity contribution in [1.29, 1.82) is 0 Å². The van der Waals surface area contributed by atoms with E-state index in [2.05, 4.69) is 16.0 Å². The quantitative estimate of drug-likeness (QED) is 0.101. The predicted molar refractivity (Wildman–Crippen MR) is 196 cm³/mol. The molecule has 0 spiro atoms. The molecule has 5 aromatic rings. The molecule has 0 saturated heterocycles. The van der Waals surface area contributed by atoms with Gasteiger partial charge in [-0.2, -0.15) is 0 Å². The molecule has 0 saturated carbocycles. The zero-order valence-electron chi connectivity index (χ0n) is 27.5. The normalized spacial score (nSPS) is 11.9. The molecule has 11 heteroatoms. The lowest BCUT2D eigenvalue weighted by atomic mass is 9.83. The molecule has 0 unspecified atom stereocenters. The molecule has 0 aliphatic heterocycles. The van der Waals surface area contributed by atoms with Crippen LogP contribution in [0.5, 0.6) is 11.5 Å². The Morgan fingerprint density at radius 3 is 2.12 bits per heavy atom. The third-order valence-corrected chi connectivity index (χ3v) is 8.93. The van der Waals surface area contributed by atoms with E-state index < -0.39 is 11.8 Å². The Kier molecular flexibility index (Phi) is 10.4. The average Bonchev–Trinajstić information content (AvgIpc) is 3.16. The molecule has 0 heterocycles. The van der Waals surface area contributed by atoms with Crippen molar-refractivity contribution in [3.05, 3.63) is 154 Å². The first-order chi connectivity index (χ1) is 24.7. The van der Waals surface area contributed by atoms with Gasteiger partial charge in [0, 0.05) is 32.8 Å². The fourth-order valence-corrected chi connectivity index (χ4v) is 6.25. The molecule has 0 atom stereocenters. The molecule has 10 nitrogen and oxygen atoms in total. The second kappa shape index (κ2) is 15.4. The Morgan fingerprint density at radius 2 is 1.37 bits per heavy atom. The summed E-state index contributed by atoms with van der Waals surface area (Å²) >= 11 is 1.22. The van der Waals surface area contributed by atoms with Crippen LogP contribution in [0.25, 0.3) is 6.08 Å². The molecule has 0 fully saturated rings. The molecule has 0 aromatic heterocycles. The van der Waals surface area contributed by atoms with Crippen LogP contribution in [0.15, 0.2) is 126 Å². The Hall–Kier alpha value is -6.46. The molecule has 1 aliphatic carbocycles. The van der Waals surface area contributed by atoms with Crippen LogP contribution >= 0.6 is 11.8 Å². The Morgan fingerprint density at radius 1 is 0.686 bits per heavy atom. The van der Waals surface area contributed by atoms with Gasteiger partial charge < -0.3 is 25.4 Å². The van der Waals surface area contributed by atoms with Crippen molar-refractivity contribution < 1.29 is 33.4 Å². The molecule has 3 N–H and O–H groups in total.